The van der Waals surface area contributed by atoms with E-state index in [0.29, 0.717) is 16.9 Å². The molecule has 0 bridgehead atoms. The lowest BCUT2D eigenvalue weighted by Gasteiger charge is -2.08. The summed E-state index contributed by atoms with van der Waals surface area (Å²) in [4.78, 5) is 2.72. The Bertz CT molecular complexity index is 500. The number of rotatable bonds is 1. The van der Waals surface area contributed by atoms with Gasteiger partial charge in [-0.2, -0.15) is 13.2 Å². The molecule has 0 fully saturated rings. The molecule has 0 atom stereocenters. The molecule has 0 saturated carbocycles. The van der Waals surface area contributed by atoms with Gasteiger partial charge in [-0.25, -0.2) is 0 Å². The molecule has 1 aromatic carbocycles. The van der Waals surface area contributed by atoms with E-state index in [4.69, 9.17) is 5.73 Å². The van der Waals surface area contributed by atoms with Crippen LogP contribution in [0, 0.1) is 0 Å². The maximum atomic E-state index is 12.5. The van der Waals surface area contributed by atoms with Gasteiger partial charge in [0, 0.05) is 11.8 Å². The summed E-state index contributed by atoms with van der Waals surface area (Å²) in [5.41, 5.74) is 5.95. The van der Waals surface area contributed by atoms with Crippen molar-refractivity contribution in [2.45, 2.75) is 6.18 Å². The zero-order chi connectivity index (χ0) is 11.8. The Labute approximate surface area is 89.9 Å². The molecule has 1 heterocycles. The third-order valence-corrected chi connectivity index (χ3v) is 2.28. The molecule has 0 radical (unpaired) electrons. The van der Waals surface area contributed by atoms with Crippen LogP contribution < -0.4 is 5.73 Å². The SMILES string of the molecule is Nc1[nH]ccc1-c1cccc(C(F)(F)F)c1. The van der Waals surface area contributed by atoms with E-state index >= 15 is 0 Å². The van der Waals surface area contributed by atoms with Crippen molar-refractivity contribution in [1.82, 2.24) is 4.98 Å². The second-order valence-corrected chi connectivity index (χ2v) is 3.38. The minimum Gasteiger partial charge on any atom is -0.385 e. The number of nitrogens with two attached hydrogens (primary N) is 1. The van der Waals surface area contributed by atoms with Crippen LogP contribution in [0.3, 0.4) is 0 Å². The Hall–Kier alpha value is -1.91. The van der Waals surface area contributed by atoms with Gasteiger partial charge >= 0.3 is 6.18 Å². The highest BCUT2D eigenvalue weighted by molar-refractivity contribution is 5.74. The first kappa shape index (κ1) is 10.6. The molecular weight excluding hydrogens is 217 g/mol. The fourth-order valence-electron chi connectivity index (χ4n) is 1.50. The summed E-state index contributed by atoms with van der Waals surface area (Å²) in [7, 11) is 0. The predicted octanol–water partition coefficient (Wildman–Crippen LogP) is 3.28. The van der Waals surface area contributed by atoms with E-state index in [1.54, 1.807) is 18.3 Å². The molecule has 0 saturated heterocycles. The van der Waals surface area contributed by atoms with Crippen molar-refractivity contribution in [2.75, 3.05) is 5.73 Å². The van der Waals surface area contributed by atoms with Gasteiger partial charge in [0.15, 0.2) is 0 Å². The minimum absolute atomic E-state index is 0.360. The molecule has 0 aliphatic rings. The topological polar surface area (TPSA) is 41.8 Å². The lowest BCUT2D eigenvalue weighted by molar-refractivity contribution is -0.137. The second-order valence-electron chi connectivity index (χ2n) is 3.38. The third kappa shape index (κ3) is 1.88. The minimum atomic E-state index is -4.33. The Morgan fingerprint density at radius 2 is 1.88 bits per heavy atom. The second kappa shape index (κ2) is 3.59. The summed E-state index contributed by atoms with van der Waals surface area (Å²) in [5, 5.41) is 0. The van der Waals surface area contributed by atoms with E-state index in [-0.39, 0.29) is 0 Å². The van der Waals surface area contributed by atoms with Crippen molar-refractivity contribution in [2.24, 2.45) is 0 Å². The van der Waals surface area contributed by atoms with Crippen molar-refractivity contribution in [3.8, 4) is 11.1 Å². The highest BCUT2D eigenvalue weighted by Crippen LogP contribution is 2.33. The van der Waals surface area contributed by atoms with Gasteiger partial charge < -0.3 is 10.7 Å². The van der Waals surface area contributed by atoms with Gasteiger partial charge in [0.25, 0.3) is 0 Å². The highest BCUT2D eigenvalue weighted by atomic mass is 19.4. The molecular formula is C11H9F3N2. The molecule has 0 spiro atoms. The van der Waals surface area contributed by atoms with Crippen LogP contribution >= 0.6 is 0 Å². The number of H-pyrrole nitrogens is 1. The van der Waals surface area contributed by atoms with Crippen LogP contribution in [0.15, 0.2) is 36.5 Å². The van der Waals surface area contributed by atoms with E-state index in [1.807, 2.05) is 0 Å². The standard InChI is InChI=1S/C11H9F3N2/c12-11(13,14)8-3-1-2-7(6-8)9-4-5-16-10(9)15/h1-6,16H,15H2. The molecule has 0 unspecified atom stereocenters. The number of aromatic nitrogens is 1. The molecule has 84 valence electrons. The Balaban J connectivity index is 2.49. The fraction of sp³-hybridized carbons (Fsp3) is 0.0909. The number of anilines is 1. The van der Waals surface area contributed by atoms with E-state index in [1.165, 1.54) is 6.07 Å². The first-order chi connectivity index (χ1) is 7.48. The summed E-state index contributed by atoms with van der Waals surface area (Å²) < 4.78 is 37.4. The maximum Gasteiger partial charge on any atom is 0.416 e. The predicted molar refractivity (Wildman–Crippen MR) is 55.6 cm³/mol. The number of nitrogens with one attached hydrogen (secondary N) is 1. The molecule has 2 nitrogen and oxygen atoms in total. The molecule has 3 N–H and O–H groups in total. The highest BCUT2D eigenvalue weighted by Gasteiger charge is 2.30. The van der Waals surface area contributed by atoms with Crippen LogP contribution in [0.4, 0.5) is 19.0 Å². The monoisotopic (exact) mass is 226 g/mol. The Kier molecular flexibility index (Phi) is 2.38. The van der Waals surface area contributed by atoms with Gasteiger partial charge in [0.1, 0.15) is 5.82 Å². The largest absolute Gasteiger partial charge is 0.416 e. The van der Waals surface area contributed by atoms with Crippen LogP contribution in [0.5, 0.6) is 0 Å². The lowest BCUT2D eigenvalue weighted by Crippen LogP contribution is -2.04. The van der Waals surface area contributed by atoms with Crippen molar-refractivity contribution in [3.63, 3.8) is 0 Å². The number of benzene rings is 1. The molecule has 5 heteroatoms. The van der Waals surface area contributed by atoms with Gasteiger partial charge in [-0.15, -0.1) is 0 Å². The number of halogens is 3. The Morgan fingerprint density at radius 3 is 2.44 bits per heavy atom. The van der Waals surface area contributed by atoms with Crippen molar-refractivity contribution < 1.29 is 13.2 Å². The maximum absolute atomic E-state index is 12.5. The van der Waals surface area contributed by atoms with Gasteiger partial charge in [0.2, 0.25) is 0 Å². The van der Waals surface area contributed by atoms with E-state index in [0.717, 1.165) is 12.1 Å². The van der Waals surface area contributed by atoms with E-state index < -0.39 is 11.7 Å². The fourth-order valence-corrected chi connectivity index (χ4v) is 1.50. The van der Waals surface area contributed by atoms with Crippen molar-refractivity contribution in [3.05, 3.63) is 42.1 Å². The summed E-state index contributed by atoms with van der Waals surface area (Å²) in [5.74, 6) is 0.360. The van der Waals surface area contributed by atoms with Crippen LogP contribution in [0.25, 0.3) is 11.1 Å². The number of hydrogen-bond donors (Lipinski definition) is 2. The normalized spacial score (nSPS) is 11.7. The van der Waals surface area contributed by atoms with Crippen LogP contribution in [0.2, 0.25) is 0 Å². The molecule has 0 aliphatic carbocycles. The first-order valence-corrected chi connectivity index (χ1v) is 4.59. The lowest BCUT2D eigenvalue weighted by atomic mass is 10.1. The Morgan fingerprint density at radius 1 is 1.12 bits per heavy atom. The third-order valence-electron chi connectivity index (χ3n) is 2.28. The van der Waals surface area contributed by atoms with Crippen LogP contribution in [0.1, 0.15) is 5.56 Å². The summed E-state index contributed by atoms with van der Waals surface area (Å²) in [6.45, 7) is 0. The van der Waals surface area contributed by atoms with E-state index in [9.17, 15) is 13.2 Å². The summed E-state index contributed by atoms with van der Waals surface area (Å²) in [6.07, 6.45) is -2.74. The molecule has 0 amide bonds. The smallest absolute Gasteiger partial charge is 0.385 e. The van der Waals surface area contributed by atoms with Crippen LogP contribution in [-0.2, 0) is 6.18 Å². The number of nitrogen functional groups attached to an aromatic ring is 1. The molecule has 2 rings (SSSR count). The zero-order valence-corrected chi connectivity index (χ0v) is 8.18. The average Bonchev–Trinajstić information content (AvgIpc) is 2.63. The van der Waals surface area contributed by atoms with Crippen molar-refractivity contribution >= 4 is 5.82 Å². The molecule has 2 aromatic rings. The van der Waals surface area contributed by atoms with Gasteiger partial charge in [-0.3, -0.25) is 0 Å². The molecule has 16 heavy (non-hydrogen) atoms. The molecule has 0 aliphatic heterocycles. The van der Waals surface area contributed by atoms with Gasteiger partial charge in [-0.05, 0) is 23.8 Å². The summed E-state index contributed by atoms with van der Waals surface area (Å²) >= 11 is 0. The number of alkyl halides is 3. The first-order valence-electron chi connectivity index (χ1n) is 4.59. The van der Waals surface area contributed by atoms with E-state index in [2.05, 4.69) is 4.98 Å². The average molecular weight is 226 g/mol. The van der Waals surface area contributed by atoms with Gasteiger partial charge in [-0.1, -0.05) is 12.1 Å². The zero-order valence-electron chi connectivity index (χ0n) is 8.18. The number of aromatic amines is 1. The molecule has 1 aromatic heterocycles. The van der Waals surface area contributed by atoms with Gasteiger partial charge in [0.05, 0.1) is 5.56 Å². The van der Waals surface area contributed by atoms with Crippen LogP contribution in [-0.4, -0.2) is 4.98 Å². The number of hydrogen-bond acceptors (Lipinski definition) is 1. The quantitative estimate of drug-likeness (QED) is 0.769. The summed E-state index contributed by atoms with van der Waals surface area (Å²) in [6, 6.07) is 6.72. The van der Waals surface area contributed by atoms with Crippen molar-refractivity contribution in [1.29, 1.82) is 0 Å².